The highest BCUT2D eigenvalue weighted by Gasteiger charge is 2.47. The number of amides is 3. The molecule has 1 aliphatic rings. The number of imide groups is 1. The van der Waals surface area contributed by atoms with Gasteiger partial charge in [-0.1, -0.05) is 65.7 Å². The van der Waals surface area contributed by atoms with Gasteiger partial charge in [-0.25, -0.2) is 19.5 Å². The molecule has 1 aliphatic heterocycles. The summed E-state index contributed by atoms with van der Waals surface area (Å²) >= 11 is 12.6. The standard InChI is InChI=1S/C22H20Cl2N2O5/c1-3-30-20(27)17-13(2)25-21(28)26(19(17)15-10-7-11-16(23)18(15)24)22(29)31-12-14-8-5-4-6-9-14/h4-11,17,19H,3,12H2,1-2H3. The Morgan fingerprint density at radius 2 is 1.77 bits per heavy atom. The van der Waals surface area contributed by atoms with Gasteiger partial charge in [0.1, 0.15) is 12.5 Å². The molecule has 3 rings (SSSR count). The quantitative estimate of drug-likeness (QED) is 0.551. The molecule has 0 saturated heterocycles. The predicted molar refractivity (Wildman–Crippen MR) is 116 cm³/mol. The number of hydrogen-bond acceptors (Lipinski definition) is 5. The van der Waals surface area contributed by atoms with Crippen LogP contribution in [0.3, 0.4) is 0 Å². The van der Waals surface area contributed by atoms with E-state index in [1.54, 1.807) is 49.4 Å². The molecule has 3 amide bonds. The van der Waals surface area contributed by atoms with Crippen molar-refractivity contribution in [2.24, 2.45) is 10.9 Å². The first kappa shape index (κ1) is 22.8. The summed E-state index contributed by atoms with van der Waals surface area (Å²) in [5.74, 6) is -1.70. The largest absolute Gasteiger partial charge is 0.465 e. The monoisotopic (exact) mass is 462 g/mol. The molecule has 31 heavy (non-hydrogen) atoms. The average molecular weight is 463 g/mol. The Hall–Kier alpha value is -2.90. The van der Waals surface area contributed by atoms with Crippen molar-refractivity contribution < 1.29 is 23.9 Å². The van der Waals surface area contributed by atoms with E-state index in [1.165, 1.54) is 6.92 Å². The zero-order valence-electron chi connectivity index (χ0n) is 16.9. The summed E-state index contributed by atoms with van der Waals surface area (Å²) in [5, 5.41) is 0.332. The van der Waals surface area contributed by atoms with Crippen LogP contribution < -0.4 is 0 Å². The van der Waals surface area contributed by atoms with Crippen LogP contribution in [0.4, 0.5) is 9.59 Å². The van der Waals surface area contributed by atoms with E-state index in [4.69, 9.17) is 32.7 Å². The number of aliphatic imine (C=N–C) groups is 1. The second-order valence-corrected chi connectivity index (χ2v) is 7.55. The van der Waals surface area contributed by atoms with Crippen LogP contribution in [-0.4, -0.2) is 35.3 Å². The lowest BCUT2D eigenvalue weighted by Crippen LogP contribution is -2.50. The summed E-state index contributed by atoms with van der Waals surface area (Å²) in [7, 11) is 0. The smallest absolute Gasteiger partial charge is 0.419 e. The van der Waals surface area contributed by atoms with Crippen LogP contribution in [0.15, 0.2) is 53.5 Å². The minimum Gasteiger partial charge on any atom is -0.465 e. The van der Waals surface area contributed by atoms with Crippen molar-refractivity contribution in [3.63, 3.8) is 0 Å². The minimum absolute atomic E-state index is 0.0633. The summed E-state index contributed by atoms with van der Waals surface area (Å²) < 4.78 is 10.5. The van der Waals surface area contributed by atoms with Gasteiger partial charge in [0.2, 0.25) is 0 Å². The molecule has 2 unspecified atom stereocenters. The number of rotatable bonds is 5. The Morgan fingerprint density at radius 3 is 2.45 bits per heavy atom. The summed E-state index contributed by atoms with van der Waals surface area (Å²) in [6.45, 7) is 3.24. The molecule has 2 atom stereocenters. The van der Waals surface area contributed by atoms with Gasteiger partial charge < -0.3 is 9.47 Å². The Balaban J connectivity index is 2.03. The van der Waals surface area contributed by atoms with Crippen molar-refractivity contribution in [2.45, 2.75) is 26.5 Å². The Bertz CT molecular complexity index is 1030. The van der Waals surface area contributed by atoms with Gasteiger partial charge in [-0.15, -0.1) is 0 Å². The number of esters is 1. The van der Waals surface area contributed by atoms with Gasteiger partial charge in [-0.3, -0.25) is 4.79 Å². The first-order valence-electron chi connectivity index (χ1n) is 9.54. The number of halogens is 2. The molecule has 0 aliphatic carbocycles. The lowest BCUT2D eigenvalue weighted by Gasteiger charge is -2.36. The van der Waals surface area contributed by atoms with E-state index in [1.807, 2.05) is 6.07 Å². The maximum atomic E-state index is 13.0. The summed E-state index contributed by atoms with van der Waals surface area (Å²) in [6.07, 6.45) is -0.958. The molecule has 9 heteroatoms. The molecule has 0 fully saturated rings. The molecule has 0 radical (unpaired) electrons. The molecule has 0 spiro atoms. The maximum Gasteiger partial charge on any atom is 0.419 e. The second-order valence-electron chi connectivity index (χ2n) is 6.76. The molecule has 7 nitrogen and oxygen atoms in total. The van der Waals surface area contributed by atoms with Crippen LogP contribution in [0.25, 0.3) is 0 Å². The normalized spacial score (nSPS) is 18.4. The molecule has 2 aromatic rings. The number of carbonyl (C=O) groups excluding carboxylic acids is 3. The topological polar surface area (TPSA) is 85.3 Å². The fourth-order valence-corrected chi connectivity index (χ4v) is 3.77. The number of benzene rings is 2. The van der Waals surface area contributed by atoms with Crippen molar-refractivity contribution in [3.05, 3.63) is 69.7 Å². The van der Waals surface area contributed by atoms with Crippen LogP contribution in [0, 0.1) is 5.92 Å². The van der Waals surface area contributed by atoms with E-state index in [0.717, 1.165) is 10.5 Å². The van der Waals surface area contributed by atoms with Gasteiger partial charge in [0.15, 0.2) is 0 Å². The van der Waals surface area contributed by atoms with Crippen molar-refractivity contribution >= 4 is 47.0 Å². The van der Waals surface area contributed by atoms with Crippen molar-refractivity contribution in [1.82, 2.24) is 4.90 Å². The van der Waals surface area contributed by atoms with Gasteiger partial charge in [0.05, 0.1) is 22.7 Å². The maximum absolute atomic E-state index is 13.0. The Morgan fingerprint density at radius 1 is 1.06 bits per heavy atom. The zero-order valence-corrected chi connectivity index (χ0v) is 18.4. The van der Waals surface area contributed by atoms with Gasteiger partial charge in [0, 0.05) is 5.71 Å². The number of nitrogens with zero attached hydrogens (tertiary/aromatic N) is 2. The van der Waals surface area contributed by atoms with E-state index >= 15 is 0 Å². The number of urea groups is 1. The minimum atomic E-state index is -1.13. The molecule has 0 aromatic heterocycles. The lowest BCUT2D eigenvalue weighted by molar-refractivity contribution is -0.147. The molecule has 0 bridgehead atoms. The van der Waals surface area contributed by atoms with Crippen LogP contribution in [0.5, 0.6) is 0 Å². The first-order chi connectivity index (χ1) is 14.8. The second kappa shape index (κ2) is 9.94. The molecular formula is C22H20Cl2N2O5. The fourth-order valence-electron chi connectivity index (χ4n) is 3.35. The predicted octanol–water partition coefficient (Wildman–Crippen LogP) is 5.45. The molecule has 2 aromatic carbocycles. The lowest BCUT2D eigenvalue weighted by atomic mass is 9.87. The van der Waals surface area contributed by atoms with E-state index in [0.29, 0.717) is 5.56 Å². The van der Waals surface area contributed by atoms with Crippen molar-refractivity contribution in [3.8, 4) is 0 Å². The SMILES string of the molecule is CCOC(=O)C1C(C)=NC(=O)N(C(=O)OCc2ccccc2)C1c1cccc(Cl)c1Cl. The summed E-state index contributed by atoms with van der Waals surface area (Å²) in [5.41, 5.74) is 1.25. The first-order valence-corrected chi connectivity index (χ1v) is 10.3. The van der Waals surface area contributed by atoms with E-state index in [9.17, 15) is 14.4 Å². The molecule has 162 valence electrons. The van der Waals surface area contributed by atoms with E-state index < -0.39 is 30.1 Å². The Kier molecular flexibility index (Phi) is 7.30. The molecule has 0 N–H and O–H groups in total. The number of ether oxygens (including phenoxy) is 2. The fraction of sp³-hybridized carbons (Fsp3) is 0.273. The van der Waals surface area contributed by atoms with Gasteiger partial charge >= 0.3 is 18.1 Å². The number of hydrogen-bond donors (Lipinski definition) is 0. The van der Waals surface area contributed by atoms with Gasteiger partial charge in [0.25, 0.3) is 0 Å². The van der Waals surface area contributed by atoms with E-state index in [-0.39, 0.29) is 29.0 Å². The average Bonchev–Trinajstić information content (AvgIpc) is 2.74. The van der Waals surface area contributed by atoms with Gasteiger partial charge in [-0.05, 0) is 31.0 Å². The summed E-state index contributed by atoms with van der Waals surface area (Å²) in [4.78, 5) is 43.2. The molecular weight excluding hydrogens is 443 g/mol. The summed E-state index contributed by atoms with van der Waals surface area (Å²) in [6, 6.07) is 11.8. The van der Waals surface area contributed by atoms with Crippen LogP contribution >= 0.6 is 23.2 Å². The van der Waals surface area contributed by atoms with Crippen LogP contribution in [-0.2, 0) is 20.9 Å². The highest BCUT2D eigenvalue weighted by Crippen LogP contribution is 2.40. The third kappa shape index (κ3) is 4.89. The number of carbonyl (C=O) groups is 3. The highest BCUT2D eigenvalue weighted by atomic mass is 35.5. The third-order valence-electron chi connectivity index (χ3n) is 4.76. The molecule has 1 heterocycles. The van der Waals surface area contributed by atoms with Crippen molar-refractivity contribution in [2.75, 3.05) is 6.61 Å². The van der Waals surface area contributed by atoms with Gasteiger partial charge in [-0.2, -0.15) is 0 Å². The Labute approximate surface area is 189 Å². The van der Waals surface area contributed by atoms with Crippen molar-refractivity contribution in [1.29, 1.82) is 0 Å². The van der Waals surface area contributed by atoms with Crippen LogP contribution in [0.1, 0.15) is 31.0 Å². The molecule has 0 saturated carbocycles. The van der Waals surface area contributed by atoms with Crippen LogP contribution in [0.2, 0.25) is 10.0 Å². The van der Waals surface area contributed by atoms with E-state index in [2.05, 4.69) is 4.99 Å². The zero-order chi connectivity index (χ0) is 22.5. The third-order valence-corrected chi connectivity index (χ3v) is 5.60. The highest BCUT2D eigenvalue weighted by molar-refractivity contribution is 6.42.